The summed E-state index contributed by atoms with van der Waals surface area (Å²) in [5.41, 5.74) is 0. The van der Waals surface area contributed by atoms with Gasteiger partial charge in [0.1, 0.15) is 13.2 Å². The van der Waals surface area contributed by atoms with Crippen LogP contribution in [0.1, 0.15) is 258 Å². The molecule has 8 nitrogen and oxygen atoms in total. The Hall–Kier alpha value is -3.62. The molecule has 0 spiro atoms. The summed E-state index contributed by atoms with van der Waals surface area (Å²) < 4.78 is 23.4. The minimum absolute atomic E-state index is 0.0150. The summed E-state index contributed by atoms with van der Waals surface area (Å²) in [5.74, 6) is -0.217. The summed E-state index contributed by atoms with van der Waals surface area (Å²) in [6.45, 7) is 4.50. The lowest BCUT2D eigenvalue weighted by molar-refractivity contribution is -0.870. The fourth-order valence-electron chi connectivity index (χ4n) is 8.88. The number of carbonyl (C=O) groups excluding carboxylic acids is 1. The highest BCUT2D eigenvalue weighted by molar-refractivity contribution is 7.45. The molecular weight excluding hydrogens is 1030 g/mol. The van der Waals surface area contributed by atoms with E-state index >= 15 is 0 Å². The second-order valence-electron chi connectivity index (χ2n) is 23.1. The quantitative estimate of drug-likeness (QED) is 0.0272. The minimum Gasteiger partial charge on any atom is -0.756 e. The molecule has 0 aliphatic rings. The van der Waals surface area contributed by atoms with Gasteiger partial charge >= 0.3 is 0 Å². The van der Waals surface area contributed by atoms with Crippen molar-refractivity contribution in [3.8, 4) is 0 Å². The Balaban J connectivity index is 4.12. The number of unbranched alkanes of at least 4 members (excludes halogenated alkanes) is 24. The molecule has 1 amide bonds. The van der Waals surface area contributed by atoms with Crippen molar-refractivity contribution in [2.24, 2.45) is 0 Å². The molecule has 0 rings (SSSR count). The second-order valence-corrected chi connectivity index (χ2v) is 24.5. The van der Waals surface area contributed by atoms with Crippen LogP contribution in [0.5, 0.6) is 0 Å². The van der Waals surface area contributed by atoms with Gasteiger partial charge in [-0.15, -0.1) is 0 Å². The Kier molecular flexibility index (Phi) is 59.2. The summed E-state index contributed by atoms with van der Waals surface area (Å²) in [5, 5.41) is 13.9. The molecular formula is C73H125N2O6P. The van der Waals surface area contributed by atoms with Crippen molar-refractivity contribution in [2.45, 2.75) is 270 Å². The van der Waals surface area contributed by atoms with E-state index in [0.717, 1.165) is 103 Å². The number of hydrogen-bond acceptors (Lipinski definition) is 6. The molecule has 82 heavy (non-hydrogen) atoms. The molecule has 2 N–H and O–H groups in total. The molecule has 0 aromatic carbocycles. The number of phosphoric ester groups is 1. The zero-order valence-corrected chi connectivity index (χ0v) is 54.3. The normalized spacial score (nSPS) is 14.7. The monoisotopic (exact) mass is 1160 g/mol. The molecule has 0 saturated heterocycles. The number of carbonyl (C=O) groups is 1. The lowest BCUT2D eigenvalue weighted by Gasteiger charge is -2.29. The number of phosphoric acid groups is 1. The Morgan fingerprint density at radius 1 is 0.439 bits per heavy atom. The zero-order valence-electron chi connectivity index (χ0n) is 53.4. The molecule has 0 aliphatic carbocycles. The number of hydrogen-bond donors (Lipinski definition) is 2. The predicted molar refractivity (Wildman–Crippen MR) is 357 cm³/mol. The summed E-state index contributed by atoms with van der Waals surface area (Å²) in [6.07, 6.45) is 95.2. The number of rotatable bonds is 59. The summed E-state index contributed by atoms with van der Waals surface area (Å²) >= 11 is 0. The van der Waals surface area contributed by atoms with Gasteiger partial charge in [0.15, 0.2) is 0 Å². The third-order valence-corrected chi connectivity index (χ3v) is 15.0. The molecule has 0 saturated carbocycles. The second kappa shape index (κ2) is 61.9. The van der Waals surface area contributed by atoms with Gasteiger partial charge in [-0.25, -0.2) is 0 Å². The van der Waals surface area contributed by atoms with Crippen LogP contribution in [0.4, 0.5) is 0 Å². The van der Waals surface area contributed by atoms with Crippen molar-refractivity contribution in [3.63, 3.8) is 0 Å². The van der Waals surface area contributed by atoms with E-state index < -0.39 is 26.6 Å². The van der Waals surface area contributed by atoms with E-state index in [0.29, 0.717) is 17.4 Å². The molecule has 468 valence electrons. The highest BCUT2D eigenvalue weighted by Crippen LogP contribution is 2.38. The Bertz CT molecular complexity index is 1840. The number of nitrogens with one attached hydrogen (secondary N) is 1. The van der Waals surface area contributed by atoms with Gasteiger partial charge in [0.2, 0.25) is 5.91 Å². The van der Waals surface area contributed by atoms with E-state index in [2.05, 4.69) is 153 Å². The van der Waals surface area contributed by atoms with Gasteiger partial charge in [-0.1, -0.05) is 282 Å². The highest BCUT2D eigenvalue weighted by Gasteiger charge is 2.23. The number of quaternary nitrogens is 1. The van der Waals surface area contributed by atoms with Gasteiger partial charge in [0.25, 0.3) is 7.82 Å². The van der Waals surface area contributed by atoms with E-state index in [1.54, 1.807) is 6.08 Å². The Morgan fingerprint density at radius 2 is 0.756 bits per heavy atom. The first-order chi connectivity index (χ1) is 40.0. The molecule has 0 aromatic rings. The summed E-state index contributed by atoms with van der Waals surface area (Å²) in [7, 11) is 1.22. The number of likely N-dealkylation sites (N-methyl/N-ethyl adjacent to an activating group) is 1. The number of aliphatic hydroxyl groups excluding tert-OH is 1. The third-order valence-electron chi connectivity index (χ3n) is 14.0. The standard InChI is InChI=1S/C73H125N2O6P/c1-6-8-10-12-14-16-18-20-22-24-26-27-28-29-30-31-32-33-34-35-36-37-38-39-40-41-42-43-44-45-46-47-49-51-53-55-57-59-61-63-65-67-73(77)74-71(70-81-82(78,79)80-69-68-75(3,4)5)72(76)66-64-62-60-58-56-54-52-50-48-25-23-21-19-17-15-13-11-9-7-2/h8,10,14,16,20,22,26-27,29-30,32-33,35-36,38-39,41-42,48,50,56,58,64,66,71-72,76H,6-7,9,11-13,15,17-19,21,23-25,28,31,34,37,40,43-47,49,51-55,57,59-63,65,67-70H2,1-5H3,(H-,74,77,78,79)/b10-8-,16-14-,22-20-,27-26-,30-29-,33-32-,36-35-,39-38-,42-41-,50-48+,58-56+,66-64+. The molecule has 0 heterocycles. The number of aliphatic hydroxyl groups is 1. The third kappa shape index (κ3) is 64.0. The molecule has 0 aliphatic heterocycles. The average molecular weight is 1160 g/mol. The van der Waals surface area contributed by atoms with Crippen LogP contribution in [0.25, 0.3) is 0 Å². The van der Waals surface area contributed by atoms with Gasteiger partial charge in [0, 0.05) is 6.42 Å². The number of allylic oxidation sites excluding steroid dienone is 23. The van der Waals surface area contributed by atoms with E-state index in [1.807, 2.05) is 27.2 Å². The van der Waals surface area contributed by atoms with Crippen LogP contribution in [0, 0.1) is 0 Å². The van der Waals surface area contributed by atoms with E-state index in [1.165, 1.54) is 135 Å². The van der Waals surface area contributed by atoms with Gasteiger partial charge in [-0.3, -0.25) is 9.36 Å². The van der Waals surface area contributed by atoms with Crippen molar-refractivity contribution in [3.05, 3.63) is 146 Å². The van der Waals surface area contributed by atoms with Gasteiger partial charge < -0.3 is 28.8 Å². The summed E-state index contributed by atoms with van der Waals surface area (Å²) in [4.78, 5) is 25.6. The maximum absolute atomic E-state index is 13.0. The van der Waals surface area contributed by atoms with Gasteiger partial charge in [-0.2, -0.15) is 0 Å². The van der Waals surface area contributed by atoms with Gasteiger partial charge in [-0.05, 0) is 116 Å². The van der Waals surface area contributed by atoms with Crippen LogP contribution in [-0.4, -0.2) is 68.5 Å². The molecule has 3 unspecified atom stereocenters. The minimum atomic E-state index is -4.62. The van der Waals surface area contributed by atoms with Crippen LogP contribution in [0.2, 0.25) is 0 Å². The maximum Gasteiger partial charge on any atom is 0.268 e. The SMILES string of the molecule is CC/C=C\C/C=C\C/C=C\C/C=C\C/C=C\C/C=C\C/C=C\C/C=C\C/C=C\CCCCCCCCCCCCCCCC(=O)NC(COP(=O)([O-])OCC[N+](C)(C)C)C(O)/C=C/CC/C=C/CC/C=C/CCCCCCCCCCC. The summed E-state index contributed by atoms with van der Waals surface area (Å²) in [6, 6.07) is -0.920. The molecule has 0 bridgehead atoms. The number of amides is 1. The topological polar surface area (TPSA) is 108 Å². The smallest absolute Gasteiger partial charge is 0.268 e. The maximum atomic E-state index is 13.0. The van der Waals surface area contributed by atoms with Crippen molar-refractivity contribution in [2.75, 3.05) is 40.9 Å². The first-order valence-electron chi connectivity index (χ1n) is 33.2. The molecule has 0 fully saturated rings. The predicted octanol–water partition coefficient (Wildman–Crippen LogP) is 20.6. The van der Waals surface area contributed by atoms with Crippen molar-refractivity contribution in [1.82, 2.24) is 5.32 Å². The highest BCUT2D eigenvalue weighted by atomic mass is 31.2. The van der Waals surface area contributed by atoms with Gasteiger partial charge in [0.05, 0.1) is 39.9 Å². The van der Waals surface area contributed by atoms with E-state index in [-0.39, 0.29) is 12.5 Å². The average Bonchev–Trinajstić information content (AvgIpc) is 3.47. The number of nitrogens with zero attached hydrogens (tertiary/aromatic N) is 1. The lowest BCUT2D eigenvalue weighted by atomic mass is 10.0. The Morgan fingerprint density at radius 3 is 1.13 bits per heavy atom. The van der Waals surface area contributed by atoms with Crippen LogP contribution in [0.3, 0.4) is 0 Å². The van der Waals surface area contributed by atoms with Crippen LogP contribution in [-0.2, 0) is 18.4 Å². The first kappa shape index (κ1) is 78.4. The fraction of sp³-hybridized carbons (Fsp3) is 0.658. The van der Waals surface area contributed by atoms with Crippen LogP contribution in [0.15, 0.2) is 146 Å². The Labute approximate surface area is 506 Å². The van der Waals surface area contributed by atoms with Crippen LogP contribution >= 0.6 is 7.82 Å². The molecule has 0 aromatic heterocycles. The van der Waals surface area contributed by atoms with E-state index in [4.69, 9.17) is 9.05 Å². The fourth-order valence-corrected chi connectivity index (χ4v) is 9.61. The molecule has 3 atom stereocenters. The largest absolute Gasteiger partial charge is 0.756 e. The van der Waals surface area contributed by atoms with Crippen molar-refractivity contribution < 1.29 is 32.9 Å². The van der Waals surface area contributed by atoms with Crippen molar-refractivity contribution in [1.29, 1.82) is 0 Å². The zero-order chi connectivity index (χ0) is 59.8. The molecule has 9 heteroatoms. The van der Waals surface area contributed by atoms with Crippen LogP contribution < -0.4 is 10.2 Å². The first-order valence-corrected chi connectivity index (χ1v) is 34.7. The lowest BCUT2D eigenvalue weighted by Crippen LogP contribution is -2.45. The van der Waals surface area contributed by atoms with E-state index in [9.17, 15) is 19.4 Å². The van der Waals surface area contributed by atoms with Crippen molar-refractivity contribution >= 4 is 13.7 Å². The molecule has 0 radical (unpaired) electrons.